The van der Waals surface area contributed by atoms with Crippen molar-refractivity contribution < 1.29 is 17.9 Å². The lowest BCUT2D eigenvalue weighted by Gasteiger charge is -2.16. The van der Waals surface area contributed by atoms with Gasteiger partial charge < -0.3 is 4.74 Å². The van der Waals surface area contributed by atoms with Crippen molar-refractivity contribution in [3.05, 3.63) is 56.5 Å². The molecule has 0 N–H and O–H groups in total. The molecule has 9 heteroatoms. The predicted octanol–water partition coefficient (Wildman–Crippen LogP) is 4.19. The monoisotopic (exact) mass is 419 g/mol. The molecule has 1 aliphatic heterocycles. The molecule has 0 bridgehead atoms. The Hall–Kier alpha value is -1.47. The third-order valence-corrected chi connectivity index (χ3v) is 5.69. The third-order valence-electron chi connectivity index (χ3n) is 3.73. The molecule has 0 unspecified atom stereocenters. The summed E-state index contributed by atoms with van der Waals surface area (Å²) in [7, 11) is -3.34. The Balaban J connectivity index is 1.88. The van der Waals surface area contributed by atoms with Gasteiger partial charge >= 0.3 is 5.97 Å². The van der Waals surface area contributed by atoms with E-state index in [1.165, 1.54) is 22.5 Å². The van der Waals surface area contributed by atoms with E-state index in [1.54, 1.807) is 12.1 Å². The van der Waals surface area contributed by atoms with Crippen molar-refractivity contribution in [1.29, 1.82) is 0 Å². The number of carbonyl (C=O) groups is 1. The lowest BCUT2D eigenvalue weighted by Crippen LogP contribution is -2.27. The maximum Gasteiger partial charge on any atom is 0.343 e. The molecule has 0 amide bonds. The zero-order valence-corrected chi connectivity index (χ0v) is 16.0. The van der Waals surface area contributed by atoms with Gasteiger partial charge in [-0.3, -0.25) is 4.31 Å². The van der Waals surface area contributed by atoms with E-state index < -0.39 is 16.0 Å². The summed E-state index contributed by atoms with van der Waals surface area (Å²) in [6.07, 6.45) is 1.67. The molecular weight excluding hydrogens is 409 g/mol. The topological polar surface area (TPSA) is 63.7 Å². The largest absolute Gasteiger partial charge is 0.420 e. The summed E-state index contributed by atoms with van der Waals surface area (Å²) >= 11 is 17.8. The Labute approximate surface area is 160 Å². The Morgan fingerprint density at radius 1 is 1.12 bits per heavy atom. The van der Waals surface area contributed by atoms with Crippen LogP contribution in [0, 0.1) is 0 Å². The van der Waals surface area contributed by atoms with Gasteiger partial charge in [0.1, 0.15) is 0 Å². The van der Waals surface area contributed by atoms with Crippen LogP contribution in [0.5, 0.6) is 5.75 Å². The highest BCUT2D eigenvalue weighted by Crippen LogP contribution is 2.37. The summed E-state index contributed by atoms with van der Waals surface area (Å²) in [6, 6.07) is 7.54. The number of hydrogen-bond donors (Lipinski definition) is 0. The summed E-state index contributed by atoms with van der Waals surface area (Å²) in [4.78, 5) is 12.4. The fraction of sp³-hybridized carbons (Fsp3) is 0.188. The molecule has 0 atom stereocenters. The second-order valence-corrected chi connectivity index (χ2v) is 8.67. The number of hydrogen-bond acceptors (Lipinski definition) is 4. The number of halogens is 3. The summed E-state index contributed by atoms with van der Waals surface area (Å²) in [5, 5.41) is 0.568. The number of esters is 1. The first-order chi connectivity index (χ1) is 11.7. The van der Waals surface area contributed by atoms with Gasteiger partial charge in [0.25, 0.3) is 0 Å². The van der Waals surface area contributed by atoms with E-state index in [-0.39, 0.29) is 21.4 Å². The highest BCUT2D eigenvalue weighted by molar-refractivity contribution is 7.92. The van der Waals surface area contributed by atoms with E-state index in [2.05, 4.69) is 0 Å². The maximum absolute atomic E-state index is 12.4. The van der Waals surface area contributed by atoms with Gasteiger partial charge in [0.2, 0.25) is 10.0 Å². The second-order valence-electron chi connectivity index (χ2n) is 5.52. The summed E-state index contributed by atoms with van der Waals surface area (Å²) in [6.45, 7) is 0.349. The molecule has 0 saturated carbocycles. The van der Waals surface area contributed by atoms with Crippen LogP contribution in [0.15, 0.2) is 30.3 Å². The molecule has 1 heterocycles. The van der Waals surface area contributed by atoms with Crippen molar-refractivity contribution in [2.75, 3.05) is 17.1 Å². The van der Waals surface area contributed by atoms with E-state index in [0.717, 1.165) is 11.8 Å². The smallest absolute Gasteiger partial charge is 0.343 e. The molecule has 0 saturated heterocycles. The summed E-state index contributed by atoms with van der Waals surface area (Å²) in [5.41, 5.74) is 1.60. The number of carbonyl (C=O) groups excluding carboxylic acids is 1. The summed E-state index contributed by atoms with van der Waals surface area (Å²) in [5.74, 6) is -0.622. The van der Waals surface area contributed by atoms with Gasteiger partial charge in [0.15, 0.2) is 5.75 Å². The fourth-order valence-corrected chi connectivity index (χ4v) is 4.47. The van der Waals surface area contributed by atoms with Gasteiger partial charge in [-0.15, -0.1) is 0 Å². The quantitative estimate of drug-likeness (QED) is 0.552. The molecular formula is C16H12Cl3NO4S. The molecule has 0 aliphatic carbocycles. The second kappa shape index (κ2) is 6.68. The van der Waals surface area contributed by atoms with Crippen LogP contribution < -0.4 is 9.04 Å². The Kier molecular flexibility index (Phi) is 4.90. The fourth-order valence-electron chi connectivity index (χ4n) is 2.62. The molecule has 3 rings (SSSR count). The standard InChI is InChI=1S/C16H12Cl3NO4S/c1-25(22,23)20-5-4-9-6-10(2-3-14(9)20)16(21)24-15-12(18)7-11(17)8-13(15)19/h2-3,6-8H,4-5H2,1H3. The minimum absolute atomic E-state index is 0.0241. The van der Waals surface area contributed by atoms with Crippen molar-refractivity contribution in [3.8, 4) is 5.75 Å². The van der Waals surface area contributed by atoms with Crippen molar-refractivity contribution in [2.45, 2.75) is 6.42 Å². The molecule has 2 aromatic carbocycles. The van der Waals surface area contributed by atoms with Crippen LogP contribution in [0.2, 0.25) is 15.1 Å². The van der Waals surface area contributed by atoms with Gasteiger partial charge in [0, 0.05) is 11.6 Å². The lowest BCUT2D eigenvalue weighted by atomic mass is 10.1. The van der Waals surface area contributed by atoms with Crippen LogP contribution in [0.1, 0.15) is 15.9 Å². The Bertz CT molecular complexity index is 952. The maximum atomic E-state index is 12.4. The molecule has 25 heavy (non-hydrogen) atoms. The van der Waals surface area contributed by atoms with Gasteiger partial charge in [-0.1, -0.05) is 34.8 Å². The van der Waals surface area contributed by atoms with Gasteiger partial charge in [0.05, 0.1) is 27.6 Å². The van der Waals surface area contributed by atoms with Gasteiger partial charge in [-0.2, -0.15) is 0 Å². The van der Waals surface area contributed by atoms with E-state index in [9.17, 15) is 13.2 Å². The first-order valence-electron chi connectivity index (χ1n) is 7.14. The third kappa shape index (κ3) is 3.72. The van der Waals surface area contributed by atoms with E-state index in [0.29, 0.717) is 23.7 Å². The van der Waals surface area contributed by atoms with Crippen LogP contribution in [0.4, 0.5) is 5.69 Å². The highest BCUT2D eigenvalue weighted by Gasteiger charge is 2.27. The first kappa shape index (κ1) is 18.3. The van der Waals surface area contributed by atoms with Crippen LogP contribution in [-0.4, -0.2) is 27.2 Å². The number of rotatable bonds is 3. The number of nitrogens with zero attached hydrogens (tertiary/aromatic N) is 1. The summed E-state index contributed by atoms with van der Waals surface area (Å²) < 4.78 is 30.1. The number of sulfonamides is 1. The molecule has 1 aliphatic rings. The van der Waals surface area contributed by atoms with Gasteiger partial charge in [-0.05, 0) is 42.3 Å². The van der Waals surface area contributed by atoms with Crippen LogP contribution >= 0.6 is 34.8 Å². The van der Waals surface area contributed by atoms with Crippen molar-refractivity contribution in [2.24, 2.45) is 0 Å². The molecule has 2 aromatic rings. The SMILES string of the molecule is CS(=O)(=O)N1CCc2cc(C(=O)Oc3c(Cl)cc(Cl)cc3Cl)ccc21. The average molecular weight is 421 g/mol. The van der Waals surface area contributed by atoms with E-state index in [1.807, 2.05) is 0 Å². The Morgan fingerprint density at radius 2 is 1.76 bits per heavy atom. The lowest BCUT2D eigenvalue weighted by molar-refractivity contribution is 0.0735. The minimum atomic E-state index is -3.34. The minimum Gasteiger partial charge on any atom is -0.420 e. The van der Waals surface area contributed by atoms with Crippen molar-refractivity contribution in [3.63, 3.8) is 0 Å². The molecule has 132 valence electrons. The van der Waals surface area contributed by atoms with Crippen LogP contribution in [0.25, 0.3) is 0 Å². The normalized spacial score (nSPS) is 13.7. The van der Waals surface area contributed by atoms with Gasteiger partial charge in [-0.25, -0.2) is 13.2 Å². The highest BCUT2D eigenvalue weighted by atomic mass is 35.5. The van der Waals surface area contributed by atoms with Crippen LogP contribution in [-0.2, 0) is 16.4 Å². The molecule has 0 spiro atoms. The van der Waals surface area contributed by atoms with Crippen LogP contribution in [0.3, 0.4) is 0 Å². The zero-order chi connectivity index (χ0) is 18.4. The molecule has 0 aromatic heterocycles. The van der Waals surface area contributed by atoms with E-state index in [4.69, 9.17) is 39.5 Å². The van der Waals surface area contributed by atoms with E-state index >= 15 is 0 Å². The number of fused-ring (bicyclic) bond motifs is 1. The molecule has 0 fully saturated rings. The number of anilines is 1. The zero-order valence-electron chi connectivity index (χ0n) is 12.9. The van der Waals surface area contributed by atoms with Crippen molar-refractivity contribution in [1.82, 2.24) is 0 Å². The Morgan fingerprint density at radius 3 is 2.36 bits per heavy atom. The van der Waals surface area contributed by atoms with Crippen molar-refractivity contribution >= 4 is 56.5 Å². The molecule has 0 radical (unpaired) electrons. The number of benzene rings is 2. The first-order valence-corrected chi connectivity index (χ1v) is 10.1. The molecule has 5 nitrogen and oxygen atoms in total. The average Bonchev–Trinajstić information content (AvgIpc) is 2.93. The number of ether oxygens (including phenoxy) is 1. The predicted molar refractivity (Wildman–Crippen MR) is 98.8 cm³/mol.